The molecule has 9 nitrogen and oxygen atoms in total. The molecular weight excluding hydrogens is 453 g/mol. The Bertz CT molecular complexity index is 1270. The number of rotatable bonds is 5. The van der Waals surface area contributed by atoms with Crippen LogP contribution in [0.4, 0.5) is 0 Å². The van der Waals surface area contributed by atoms with E-state index in [9.17, 15) is 19.6 Å². The SMILES string of the molecule is Cc1nc(Cl)c(Cl)n1Cc1sc2c(c1C(=O)N(C)O)c(=O)n(C)c(=O)n2CC(C)C. The molecule has 0 radical (unpaired) electrons. The molecule has 0 aliphatic carbocycles. The molecule has 12 heteroatoms. The maximum atomic E-state index is 13.0. The van der Waals surface area contributed by atoms with Gasteiger partial charge in [-0.05, 0) is 12.8 Å². The normalized spacial score (nSPS) is 11.6. The zero-order valence-corrected chi connectivity index (χ0v) is 19.4. The van der Waals surface area contributed by atoms with Gasteiger partial charge in [0.15, 0.2) is 5.15 Å². The topological polar surface area (TPSA) is 102 Å². The quantitative estimate of drug-likeness (QED) is 0.453. The molecule has 0 atom stereocenters. The van der Waals surface area contributed by atoms with Crippen molar-refractivity contribution in [1.82, 2.24) is 23.7 Å². The van der Waals surface area contributed by atoms with Crippen LogP contribution in [0, 0.1) is 12.8 Å². The number of thiophene rings is 1. The monoisotopic (exact) mass is 473 g/mol. The van der Waals surface area contributed by atoms with Gasteiger partial charge in [-0.15, -0.1) is 11.3 Å². The molecule has 3 aromatic heterocycles. The molecule has 0 aliphatic rings. The smallest absolute Gasteiger partial charge is 0.313 e. The number of fused-ring (bicyclic) bond motifs is 1. The molecule has 1 amide bonds. The second-order valence-electron chi connectivity index (χ2n) is 7.39. The van der Waals surface area contributed by atoms with Crippen molar-refractivity contribution in [3.63, 3.8) is 0 Å². The van der Waals surface area contributed by atoms with Crippen LogP contribution in [0.5, 0.6) is 0 Å². The lowest BCUT2D eigenvalue weighted by Crippen LogP contribution is -2.39. The van der Waals surface area contributed by atoms with E-state index in [4.69, 9.17) is 23.2 Å². The van der Waals surface area contributed by atoms with Gasteiger partial charge in [-0.25, -0.2) is 14.8 Å². The fourth-order valence-electron chi connectivity index (χ4n) is 3.23. The van der Waals surface area contributed by atoms with Crippen LogP contribution in [0.1, 0.15) is 34.9 Å². The van der Waals surface area contributed by atoms with Gasteiger partial charge < -0.3 is 4.57 Å². The average molecular weight is 474 g/mol. The molecule has 0 aliphatic heterocycles. The van der Waals surface area contributed by atoms with E-state index in [1.165, 1.54) is 18.7 Å². The number of carbonyl (C=O) groups is 1. The zero-order chi connectivity index (χ0) is 22.5. The maximum absolute atomic E-state index is 13.0. The minimum absolute atomic E-state index is 0.0263. The van der Waals surface area contributed by atoms with Crippen LogP contribution in [0.25, 0.3) is 10.2 Å². The molecule has 0 saturated carbocycles. The summed E-state index contributed by atoms with van der Waals surface area (Å²) in [6.07, 6.45) is 0. The van der Waals surface area contributed by atoms with Crippen LogP contribution < -0.4 is 11.2 Å². The van der Waals surface area contributed by atoms with Crippen molar-refractivity contribution in [1.29, 1.82) is 0 Å². The molecule has 0 bridgehead atoms. The first-order valence-electron chi connectivity index (χ1n) is 9.05. The van der Waals surface area contributed by atoms with Gasteiger partial charge in [0.25, 0.3) is 11.5 Å². The summed E-state index contributed by atoms with van der Waals surface area (Å²) >= 11 is 13.4. The first-order chi connectivity index (χ1) is 14.0. The Balaban J connectivity index is 2.41. The number of hydrogen-bond donors (Lipinski definition) is 1. The van der Waals surface area contributed by atoms with Gasteiger partial charge in [0.2, 0.25) is 0 Å². The third-order valence-electron chi connectivity index (χ3n) is 4.66. The van der Waals surface area contributed by atoms with Crippen LogP contribution >= 0.6 is 34.5 Å². The van der Waals surface area contributed by atoms with Crippen molar-refractivity contribution in [2.45, 2.75) is 33.9 Å². The number of hydroxylamine groups is 2. The predicted molar refractivity (Wildman–Crippen MR) is 116 cm³/mol. The number of imidazole rings is 1. The predicted octanol–water partition coefficient (Wildman–Crippen LogP) is 2.74. The second-order valence-corrected chi connectivity index (χ2v) is 9.19. The Hall–Kier alpha value is -2.14. The molecule has 0 saturated heterocycles. The van der Waals surface area contributed by atoms with E-state index in [1.54, 1.807) is 11.5 Å². The number of hydrogen-bond acceptors (Lipinski definition) is 6. The summed E-state index contributed by atoms with van der Waals surface area (Å²) in [7, 11) is 2.54. The first kappa shape index (κ1) is 22.5. The van der Waals surface area contributed by atoms with E-state index in [0.717, 1.165) is 15.9 Å². The van der Waals surface area contributed by atoms with Gasteiger partial charge in [0.1, 0.15) is 15.8 Å². The molecule has 3 rings (SSSR count). The van der Waals surface area contributed by atoms with E-state index >= 15 is 0 Å². The number of carbonyl (C=O) groups excluding carboxylic acids is 1. The van der Waals surface area contributed by atoms with Crippen molar-refractivity contribution in [3.8, 4) is 0 Å². The second kappa shape index (κ2) is 8.18. The number of aromatic nitrogens is 4. The molecule has 0 spiro atoms. The Morgan fingerprint density at radius 3 is 2.40 bits per heavy atom. The van der Waals surface area contributed by atoms with Crippen LogP contribution in [0.2, 0.25) is 10.3 Å². The molecule has 3 heterocycles. The van der Waals surface area contributed by atoms with E-state index in [0.29, 0.717) is 27.1 Å². The molecular formula is C18H21Cl2N5O4S. The lowest BCUT2D eigenvalue weighted by molar-refractivity contribution is -0.0373. The molecule has 0 fully saturated rings. The first-order valence-corrected chi connectivity index (χ1v) is 10.6. The zero-order valence-electron chi connectivity index (χ0n) is 17.1. The standard InChI is InChI=1S/C18H21Cl2N5O4S/c1-8(2)6-25-17-12(15(26)22(4)18(25)28)11(16(27)23(5)29)10(30-17)7-24-9(3)21-13(19)14(24)20/h8,29H,6-7H2,1-5H3. The average Bonchev–Trinajstić information content (AvgIpc) is 3.15. The summed E-state index contributed by atoms with van der Waals surface area (Å²) < 4.78 is 4.05. The Morgan fingerprint density at radius 1 is 1.27 bits per heavy atom. The summed E-state index contributed by atoms with van der Waals surface area (Å²) in [5.74, 6) is -0.119. The van der Waals surface area contributed by atoms with Crippen molar-refractivity contribution >= 4 is 50.7 Å². The van der Waals surface area contributed by atoms with Crippen molar-refractivity contribution in [2.75, 3.05) is 7.05 Å². The van der Waals surface area contributed by atoms with E-state index in [-0.39, 0.29) is 33.7 Å². The highest BCUT2D eigenvalue weighted by molar-refractivity contribution is 7.19. The highest BCUT2D eigenvalue weighted by Crippen LogP contribution is 2.32. The maximum Gasteiger partial charge on any atom is 0.331 e. The van der Waals surface area contributed by atoms with Crippen molar-refractivity contribution < 1.29 is 10.0 Å². The molecule has 0 aromatic carbocycles. The Labute approximate surface area is 185 Å². The van der Waals surface area contributed by atoms with E-state index in [1.807, 2.05) is 13.8 Å². The van der Waals surface area contributed by atoms with Gasteiger partial charge in [0, 0.05) is 25.5 Å². The third-order valence-corrected chi connectivity index (χ3v) is 6.60. The van der Waals surface area contributed by atoms with Crippen LogP contribution in [-0.4, -0.2) is 41.9 Å². The largest absolute Gasteiger partial charge is 0.331 e. The summed E-state index contributed by atoms with van der Waals surface area (Å²) in [6, 6.07) is 0. The number of aryl methyl sites for hydroxylation is 1. The van der Waals surface area contributed by atoms with Gasteiger partial charge >= 0.3 is 5.69 Å². The van der Waals surface area contributed by atoms with Crippen molar-refractivity contribution in [2.24, 2.45) is 13.0 Å². The minimum Gasteiger partial charge on any atom is -0.313 e. The Morgan fingerprint density at radius 2 is 1.90 bits per heavy atom. The van der Waals surface area contributed by atoms with Gasteiger partial charge in [0.05, 0.1) is 17.5 Å². The summed E-state index contributed by atoms with van der Waals surface area (Å²) in [5.41, 5.74) is -1.04. The highest BCUT2D eigenvalue weighted by atomic mass is 35.5. The van der Waals surface area contributed by atoms with Gasteiger partial charge in [-0.1, -0.05) is 37.0 Å². The lowest BCUT2D eigenvalue weighted by Gasteiger charge is -2.13. The summed E-state index contributed by atoms with van der Waals surface area (Å²) in [4.78, 5) is 43.5. The Kier molecular flexibility index (Phi) is 6.15. The summed E-state index contributed by atoms with van der Waals surface area (Å²) in [6.45, 7) is 6.06. The minimum atomic E-state index is -0.761. The fraction of sp³-hybridized carbons (Fsp3) is 0.444. The van der Waals surface area contributed by atoms with Crippen molar-refractivity contribution in [3.05, 3.63) is 47.4 Å². The fourth-order valence-corrected chi connectivity index (χ4v) is 4.95. The molecule has 162 valence electrons. The third kappa shape index (κ3) is 3.68. The summed E-state index contributed by atoms with van der Waals surface area (Å²) in [5, 5.41) is 10.6. The van der Waals surface area contributed by atoms with E-state index in [2.05, 4.69) is 4.98 Å². The van der Waals surface area contributed by atoms with Gasteiger partial charge in [-0.2, -0.15) is 0 Å². The number of amides is 1. The van der Waals surface area contributed by atoms with Crippen LogP contribution in [-0.2, 0) is 20.1 Å². The molecule has 1 N–H and O–H groups in total. The lowest BCUT2D eigenvalue weighted by atomic mass is 10.1. The van der Waals surface area contributed by atoms with Gasteiger partial charge in [-0.3, -0.25) is 23.9 Å². The molecule has 3 aromatic rings. The highest BCUT2D eigenvalue weighted by Gasteiger charge is 2.28. The number of nitrogens with zero attached hydrogens (tertiary/aromatic N) is 5. The molecule has 30 heavy (non-hydrogen) atoms. The molecule has 0 unspecified atom stereocenters. The number of halogens is 2. The van der Waals surface area contributed by atoms with Crippen LogP contribution in [0.15, 0.2) is 9.59 Å². The van der Waals surface area contributed by atoms with E-state index < -0.39 is 17.2 Å². The van der Waals surface area contributed by atoms with Crippen LogP contribution in [0.3, 0.4) is 0 Å².